The molecule has 0 radical (unpaired) electrons. The summed E-state index contributed by atoms with van der Waals surface area (Å²) in [5.74, 6) is -0.920. The van der Waals surface area contributed by atoms with E-state index in [1.807, 2.05) is 4.98 Å². The van der Waals surface area contributed by atoms with Gasteiger partial charge in [-0.15, -0.1) is 0 Å². The molecule has 0 aliphatic heterocycles. The number of pyridine rings is 1. The molecule has 1 aromatic heterocycles. The van der Waals surface area contributed by atoms with Gasteiger partial charge in [0.05, 0.1) is 6.61 Å². The molecule has 0 atom stereocenters. The van der Waals surface area contributed by atoms with E-state index in [-0.39, 0.29) is 6.61 Å². The van der Waals surface area contributed by atoms with Crippen LogP contribution in [0.15, 0.2) is 10.9 Å². The first-order chi connectivity index (χ1) is 8.01. The molecule has 17 heavy (non-hydrogen) atoms. The predicted molar refractivity (Wildman–Crippen MR) is 52.7 cm³/mol. The van der Waals surface area contributed by atoms with Gasteiger partial charge in [0.2, 0.25) is 0 Å². The van der Waals surface area contributed by atoms with E-state index < -0.39 is 34.8 Å². The van der Waals surface area contributed by atoms with E-state index in [9.17, 15) is 18.4 Å². The van der Waals surface area contributed by atoms with Gasteiger partial charge in [-0.05, 0) is 13.0 Å². The number of hydrogen-bond acceptors (Lipinski definition) is 4. The van der Waals surface area contributed by atoms with Crippen LogP contribution >= 0.6 is 0 Å². The van der Waals surface area contributed by atoms with E-state index in [0.717, 1.165) is 6.07 Å². The van der Waals surface area contributed by atoms with Crippen molar-refractivity contribution >= 4 is 5.97 Å². The van der Waals surface area contributed by atoms with Gasteiger partial charge in [-0.25, -0.2) is 13.6 Å². The molecule has 7 heteroatoms. The Balaban J connectivity index is 3.36. The first-order valence-electron chi connectivity index (χ1n) is 4.63. The maximum Gasteiger partial charge on any atom is 0.354 e. The highest BCUT2D eigenvalue weighted by Gasteiger charge is 2.20. The summed E-state index contributed by atoms with van der Waals surface area (Å²) in [5, 5.41) is 8.56. The molecule has 0 aliphatic rings. The third-order valence-electron chi connectivity index (χ3n) is 1.91. The van der Waals surface area contributed by atoms with E-state index >= 15 is 0 Å². The Morgan fingerprint density at radius 2 is 2.29 bits per heavy atom. The largest absolute Gasteiger partial charge is 0.461 e. The van der Waals surface area contributed by atoms with Gasteiger partial charge in [0, 0.05) is 5.56 Å². The fourth-order valence-electron chi connectivity index (χ4n) is 1.19. The Kier molecular flexibility index (Phi) is 3.93. The summed E-state index contributed by atoms with van der Waals surface area (Å²) >= 11 is 0. The molecule has 1 aromatic rings. The van der Waals surface area contributed by atoms with Crippen LogP contribution in [0.25, 0.3) is 0 Å². The molecule has 0 fully saturated rings. The lowest BCUT2D eigenvalue weighted by Gasteiger charge is -2.05. The van der Waals surface area contributed by atoms with E-state index in [1.54, 1.807) is 0 Å². The summed E-state index contributed by atoms with van der Waals surface area (Å²) in [6, 6.07) is 2.12. The molecular weight excluding hydrogens is 234 g/mol. The van der Waals surface area contributed by atoms with E-state index in [4.69, 9.17) is 5.26 Å². The number of esters is 1. The third-order valence-corrected chi connectivity index (χ3v) is 1.91. The van der Waals surface area contributed by atoms with Gasteiger partial charge >= 0.3 is 5.97 Å². The Bertz CT molecular complexity index is 531. The summed E-state index contributed by atoms with van der Waals surface area (Å²) in [5.41, 5.74) is -2.91. The summed E-state index contributed by atoms with van der Waals surface area (Å²) < 4.78 is 29.7. The number of rotatable bonds is 3. The lowest BCUT2D eigenvalue weighted by molar-refractivity contribution is 0.0518. The van der Waals surface area contributed by atoms with Crippen molar-refractivity contribution in [2.75, 3.05) is 6.61 Å². The van der Waals surface area contributed by atoms with Crippen LogP contribution in [-0.4, -0.2) is 17.6 Å². The molecule has 0 amide bonds. The number of nitrogens with one attached hydrogen (secondary N) is 1. The fraction of sp³-hybridized carbons (Fsp3) is 0.300. The molecule has 0 spiro atoms. The van der Waals surface area contributed by atoms with E-state index in [2.05, 4.69) is 4.74 Å². The molecule has 1 rings (SSSR count). The van der Waals surface area contributed by atoms with Crippen LogP contribution < -0.4 is 5.56 Å². The van der Waals surface area contributed by atoms with Crippen molar-refractivity contribution in [1.82, 2.24) is 4.98 Å². The molecule has 0 bridgehead atoms. The predicted octanol–water partition coefficient (Wildman–Crippen LogP) is 1.36. The fourth-order valence-corrected chi connectivity index (χ4v) is 1.19. The molecule has 0 saturated heterocycles. The number of H-pyrrole nitrogens is 1. The highest BCUT2D eigenvalue weighted by Crippen LogP contribution is 2.20. The highest BCUT2D eigenvalue weighted by molar-refractivity contribution is 5.87. The van der Waals surface area contributed by atoms with Crippen molar-refractivity contribution in [1.29, 1.82) is 5.26 Å². The Hall–Kier alpha value is -2.23. The second kappa shape index (κ2) is 5.21. The van der Waals surface area contributed by atoms with Crippen LogP contribution in [-0.2, 0) is 4.74 Å². The number of alkyl halides is 2. The minimum atomic E-state index is -3.01. The van der Waals surface area contributed by atoms with Crippen molar-refractivity contribution < 1.29 is 18.3 Å². The van der Waals surface area contributed by atoms with Crippen LogP contribution in [0, 0.1) is 11.3 Å². The smallest absolute Gasteiger partial charge is 0.354 e. The normalized spacial score (nSPS) is 10.1. The molecule has 1 N–H and O–H groups in total. The minimum Gasteiger partial charge on any atom is -0.461 e. The Labute approximate surface area is 94.6 Å². The number of aromatic amines is 1. The lowest BCUT2D eigenvalue weighted by atomic mass is 10.1. The van der Waals surface area contributed by atoms with Crippen LogP contribution in [0.5, 0.6) is 0 Å². The first kappa shape index (κ1) is 12.8. The molecule has 0 saturated carbocycles. The number of halogens is 2. The van der Waals surface area contributed by atoms with E-state index in [0.29, 0.717) is 0 Å². The molecular formula is C10H8F2N2O3. The maximum atomic E-state index is 12.6. The van der Waals surface area contributed by atoms with Gasteiger partial charge in [0.15, 0.2) is 0 Å². The second-order valence-electron chi connectivity index (χ2n) is 2.98. The molecule has 0 unspecified atom stereocenters. The van der Waals surface area contributed by atoms with E-state index in [1.165, 1.54) is 13.0 Å². The number of nitriles is 1. The average Bonchev–Trinajstić information content (AvgIpc) is 2.28. The van der Waals surface area contributed by atoms with Crippen LogP contribution in [0.1, 0.15) is 35.0 Å². The maximum absolute atomic E-state index is 12.6. The molecule has 0 aliphatic carbocycles. The van der Waals surface area contributed by atoms with Crippen molar-refractivity contribution in [3.05, 3.63) is 33.2 Å². The molecule has 90 valence electrons. The standard InChI is InChI=1S/C10H8F2N2O3/c1-2-17-10(16)7-3-5(8(11)12)6(4-13)9(15)14-7/h3,8H,2H2,1H3,(H,14,15). The summed E-state index contributed by atoms with van der Waals surface area (Å²) in [4.78, 5) is 24.6. The highest BCUT2D eigenvalue weighted by atomic mass is 19.3. The SMILES string of the molecule is CCOC(=O)c1cc(C(F)F)c(C#N)c(=O)[nH]1. The number of carbonyl (C=O) groups excluding carboxylic acids is 1. The van der Waals surface area contributed by atoms with Gasteiger partial charge in [0.25, 0.3) is 12.0 Å². The van der Waals surface area contributed by atoms with Gasteiger partial charge in [-0.2, -0.15) is 5.26 Å². The summed E-state index contributed by atoms with van der Waals surface area (Å²) in [6.07, 6.45) is -3.01. The Morgan fingerprint density at radius 1 is 1.65 bits per heavy atom. The number of ether oxygens (including phenoxy) is 1. The summed E-state index contributed by atoms with van der Waals surface area (Å²) in [7, 11) is 0. The van der Waals surface area contributed by atoms with Crippen LogP contribution in [0.3, 0.4) is 0 Å². The monoisotopic (exact) mass is 242 g/mol. The van der Waals surface area contributed by atoms with Crippen LogP contribution in [0.2, 0.25) is 0 Å². The van der Waals surface area contributed by atoms with Crippen molar-refractivity contribution in [2.45, 2.75) is 13.3 Å². The zero-order chi connectivity index (χ0) is 13.0. The van der Waals surface area contributed by atoms with Gasteiger partial charge in [-0.1, -0.05) is 0 Å². The summed E-state index contributed by atoms with van der Waals surface area (Å²) in [6.45, 7) is 1.58. The number of aromatic nitrogens is 1. The molecule has 1 heterocycles. The molecule has 0 aromatic carbocycles. The minimum absolute atomic E-state index is 0.0465. The quantitative estimate of drug-likeness (QED) is 0.811. The Morgan fingerprint density at radius 3 is 2.76 bits per heavy atom. The van der Waals surface area contributed by atoms with Crippen molar-refractivity contribution in [3.8, 4) is 6.07 Å². The topological polar surface area (TPSA) is 82.9 Å². The van der Waals surface area contributed by atoms with Crippen molar-refractivity contribution in [2.24, 2.45) is 0 Å². The van der Waals surface area contributed by atoms with Gasteiger partial charge in [-0.3, -0.25) is 4.79 Å². The average molecular weight is 242 g/mol. The zero-order valence-electron chi connectivity index (χ0n) is 8.79. The van der Waals surface area contributed by atoms with Gasteiger partial charge in [0.1, 0.15) is 17.3 Å². The first-order valence-corrected chi connectivity index (χ1v) is 4.63. The molecule has 5 nitrogen and oxygen atoms in total. The number of carbonyl (C=O) groups is 1. The zero-order valence-corrected chi connectivity index (χ0v) is 8.79. The third kappa shape index (κ3) is 2.66. The number of nitrogens with zero attached hydrogens (tertiary/aromatic N) is 1. The van der Waals surface area contributed by atoms with Crippen molar-refractivity contribution in [3.63, 3.8) is 0 Å². The van der Waals surface area contributed by atoms with Crippen LogP contribution in [0.4, 0.5) is 8.78 Å². The lowest BCUT2D eigenvalue weighted by Crippen LogP contribution is -2.19. The van der Waals surface area contributed by atoms with Gasteiger partial charge < -0.3 is 9.72 Å². The second-order valence-corrected chi connectivity index (χ2v) is 2.98. The number of hydrogen-bond donors (Lipinski definition) is 1.